The maximum Gasteiger partial charge on any atom is 0.212 e. The second kappa shape index (κ2) is 8.12. The molecule has 0 spiro atoms. The standard InChI is InChI=1S/C14H23BrN2O2S/c1-11(2)16-8-5-9-20(18,19)17-12(3)13-6-4-7-14(15)10-13/h4,6-7,10-12,16-17H,5,8-9H2,1-3H3. The van der Waals surface area contributed by atoms with Crippen LogP contribution in [0.4, 0.5) is 0 Å². The first-order valence-electron chi connectivity index (χ1n) is 6.79. The Hall–Kier alpha value is -0.430. The second-order valence-electron chi connectivity index (χ2n) is 5.18. The fourth-order valence-electron chi connectivity index (χ4n) is 1.83. The lowest BCUT2D eigenvalue weighted by Crippen LogP contribution is -2.31. The normalized spacial score (nSPS) is 13.7. The van der Waals surface area contributed by atoms with Gasteiger partial charge in [0.1, 0.15) is 0 Å². The summed E-state index contributed by atoms with van der Waals surface area (Å²) in [7, 11) is -3.25. The summed E-state index contributed by atoms with van der Waals surface area (Å²) in [6.07, 6.45) is 0.610. The Morgan fingerprint density at radius 2 is 1.95 bits per heavy atom. The van der Waals surface area contributed by atoms with Crippen LogP contribution in [0.15, 0.2) is 28.7 Å². The topological polar surface area (TPSA) is 58.2 Å². The number of hydrogen-bond donors (Lipinski definition) is 2. The van der Waals surface area contributed by atoms with Gasteiger partial charge < -0.3 is 5.32 Å². The zero-order valence-electron chi connectivity index (χ0n) is 12.2. The third kappa shape index (κ3) is 6.83. The number of rotatable bonds is 8. The average molecular weight is 363 g/mol. The molecular weight excluding hydrogens is 340 g/mol. The molecule has 1 rings (SSSR count). The van der Waals surface area contributed by atoms with Gasteiger partial charge in [-0.25, -0.2) is 13.1 Å². The Labute approximate surface area is 130 Å². The molecule has 0 saturated heterocycles. The van der Waals surface area contributed by atoms with Gasteiger partial charge in [-0.3, -0.25) is 0 Å². The third-order valence-corrected chi connectivity index (χ3v) is 4.88. The molecule has 2 N–H and O–H groups in total. The fraction of sp³-hybridized carbons (Fsp3) is 0.571. The molecule has 1 aromatic carbocycles. The molecule has 0 bridgehead atoms. The van der Waals surface area contributed by atoms with Gasteiger partial charge in [-0.05, 0) is 37.6 Å². The Morgan fingerprint density at radius 3 is 2.55 bits per heavy atom. The van der Waals surface area contributed by atoms with Gasteiger partial charge >= 0.3 is 0 Å². The molecule has 0 heterocycles. The van der Waals surface area contributed by atoms with Crippen LogP contribution in [-0.2, 0) is 10.0 Å². The minimum absolute atomic E-state index is 0.144. The number of sulfonamides is 1. The van der Waals surface area contributed by atoms with Gasteiger partial charge in [0.2, 0.25) is 10.0 Å². The maximum atomic E-state index is 12.0. The van der Waals surface area contributed by atoms with Gasteiger partial charge in [0.25, 0.3) is 0 Å². The number of nitrogens with one attached hydrogen (secondary N) is 2. The van der Waals surface area contributed by atoms with Gasteiger partial charge in [0, 0.05) is 16.6 Å². The van der Waals surface area contributed by atoms with E-state index >= 15 is 0 Å². The Balaban J connectivity index is 2.49. The SMILES string of the molecule is CC(C)NCCCS(=O)(=O)NC(C)c1cccc(Br)c1. The molecule has 6 heteroatoms. The van der Waals surface area contributed by atoms with Crippen molar-refractivity contribution in [1.29, 1.82) is 0 Å². The molecule has 1 atom stereocenters. The van der Waals surface area contributed by atoms with Crippen LogP contribution in [0.5, 0.6) is 0 Å². The van der Waals surface area contributed by atoms with E-state index in [4.69, 9.17) is 0 Å². The van der Waals surface area contributed by atoms with Crippen LogP contribution in [0.3, 0.4) is 0 Å². The summed E-state index contributed by atoms with van der Waals surface area (Å²) in [6, 6.07) is 7.81. The second-order valence-corrected chi connectivity index (χ2v) is 7.96. The summed E-state index contributed by atoms with van der Waals surface area (Å²) in [4.78, 5) is 0. The first-order valence-corrected chi connectivity index (χ1v) is 9.23. The summed E-state index contributed by atoms with van der Waals surface area (Å²) in [5.74, 6) is 0.144. The molecule has 0 saturated carbocycles. The molecule has 0 aliphatic carbocycles. The number of hydrogen-bond acceptors (Lipinski definition) is 3. The molecule has 1 aromatic rings. The molecule has 1 unspecified atom stereocenters. The van der Waals surface area contributed by atoms with Crippen LogP contribution in [0, 0.1) is 0 Å². The van der Waals surface area contributed by atoms with Crippen molar-refractivity contribution in [3.63, 3.8) is 0 Å². The summed E-state index contributed by atoms with van der Waals surface area (Å²) in [5, 5.41) is 3.21. The quantitative estimate of drug-likeness (QED) is 0.699. The summed E-state index contributed by atoms with van der Waals surface area (Å²) in [5.41, 5.74) is 0.947. The van der Waals surface area contributed by atoms with Crippen molar-refractivity contribution in [2.24, 2.45) is 0 Å². The predicted octanol–water partition coefficient (Wildman–Crippen LogP) is 2.82. The zero-order valence-corrected chi connectivity index (χ0v) is 14.6. The van der Waals surface area contributed by atoms with E-state index in [1.807, 2.05) is 45.0 Å². The van der Waals surface area contributed by atoms with Crippen LogP contribution in [0.1, 0.15) is 38.8 Å². The minimum atomic E-state index is -3.25. The van der Waals surface area contributed by atoms with E-state index in [1.54, 1.807) is 0 Å². The van der Waals surface area contributed by atoms with Crippen LogP contribution < -0.4 is 10.0 Å². The lowest BCUT2D eigenvalue weighted by atomic mass is 10.1. The van der Waals surface area contributed by atoms with Crippen molar-refractivity contribution in [1.82, 2.24) is 10.0 Å². The highest BCUT2D eigenvalue weighted by Gasteiger charge is 2.15. The highest BCUT2D eigenvalue weighted by atomic mass is 79.9. The fourth-order valence-corrected chi connectivity index (χ4v) is 3.56. The van der Waals surface area contributed by atoms with E-state index in [1.165, 1.54) is 0 Å². The molecule has 0 aromatic heterocycles. The van der Waals surface area contributed by atoms with E-state index in [-0.39, 0.29) is 11.8 Å². The molecule has 0 aliphatic rings. The maximum absolute atomic E-state index is 12.0. The zero-order chi connectivity index (χ0) is 15.2. The van der Waals surface area contributed by atoms with Gasteiger partial charge in [0.15, 0.2) is 0 Å². The molecule has 114 valence electrons. The van der Waals surface area contributed by atoms with E-state index in [0.29, 0.717) is 19.0 Å². The Kier molecular flexibility index (Phi) is 7.15. The summed E-state index contributed by atoms with van der Waals surface area (Å²) in [6.45, 7) is 6.65. The van der Waals surface area contributed by atoms with E-state index in [2.05, 4.69) is 26.0 Å². The first-order chi connectivity index (χ1) is 9.30. The van der Waals surface area contributed by atoms with Crippen LogP contribution >= 0.6 is 15.9 Å². The van der Waals surface area contributed by atoms with Gasteiger partial charge in [-0.15, -0.1) is 0 Å². The number of benzene rings is 1. The van der Waals surface area contributed by atoms with Crippen LogP contribution in [0.2, 0.25) is 0 Å². The molecule has 20 heavy (non-hydrogen) atoms. The predicted molar refractivity (Wildman–Crippen MR) is 87.2 cm³/mol. The third-order valence-electron chi connectivity index (χ3n) is 2.85. The molecule has 0 aliphatic heterocycles. The molecular formula is C14H23BrN2O2S. The van der Waals surface area contributed by atoms with Crippen LogP contribution in [0.25, 0.3) is 0 Å². The largest absolute Gasteiger partial charge is 0.314 e. The average Bonchev–Trinajstić information content (AvgIpc) is 2.34. The summed E-state index contributed by atoms with van der Waals surface area (Å²) < 4.78 is 27.6. The van der Waals surface area contributed by atoms with Gasteiger partial charge in [-0.2, -0.15) is 0 Å². The van der Waals surface area contributed by atoms with Crippen molar-refractivity contribution in [2.45, 2.75) is 39.3 Å². The van der Waals surface area contributed by atoms with Crippen molar-refractivity contribution >= 4 is 26.0 Å². The first kappa shape index (κ1) is 17.6. The van der Waals surface area contributed by atoms with Crippen molar-refractivity contribution in [2.75, 3.05) is 12.3 Å². The lowest BCUT2D eigenvalue weighted by Gasteiger charge is -2.15. The monoisotopic (exact) mass is 362 g/mol. The van der Waals surface area contributed by atoms with E-state index in [9.17, 15) is 8.42 Å². The highest BCUT2D eigenvalue weighted by Crippen LogP contribution is 2.18. The lowest BCUT2D eigenvalue weighted by molar-refractivity contribution is 0.552. The van der Waals surface area contributed by atoms with E-state index < -0.39 is 10.0 Å². The Morgan fingerprint density at radius 1 is 1.25 bits per heavy atom. The molecule has 0 radical (unpaired) electrons. The van der Waals surface area contributed by atoms with Crippen LogP contribution in [-0.4, -0.2) is 26.8 Å². The van der Waals surface area contributed by atoms with E-state index in [0.717, 1.165) is 10.0 Å². The van der Waals surface area contributed by atoms with Crippen molar-refractivity contribution < 1.29 is 8.42 Å². The molecule has 0 amide bonds. The number of halogens is 1. The molecule has 0 fully saturated rings. The Bertz CT molecular complexity index is 518. The highest BCUT2D eigenvalue weighted by molar-refractivity contribution is 9.10. The van der Waals surface area contributed by atoms with Crippen molar-refractivity contribution in [3.8, 4) is 0 Å². The summed E-state index contributed by atoms with van der Waals surface area (Å²) >= 11 is 3.39. The van der Waals surface area contributed by atoms with Gasteiger partial charge in [-0.1, -0.05) is 41.9 Å². The van der Waals surface area contributed by atoms with Gasteiger partial charge in [0.05, 0.1) is 5.75 Å². The molecule has 4 nitrogen and oxygen atoms in total. The minimum Gasteiger partial charge on any atom is -0.314 e. The van der Waals surface area contributed by atoms with Crippen molar-refractivity contribution in [3.05, 3.63) is 34.3 Å². The smallest absolute Gasteiger partial charge is 0.212 e.